The Bertz CT molecular complexity index is 3500. The van der Waals surface area contributed by atoms with Crippen LogP contribution < -0.4 is 5.32 Å². The van der Waals surface area contributed by atoms with E-state index in [9.17, 15) is 19.2 Å². The van der Waals surface area contributed by atoms with Crippen molar-refractivity contribution < 1.29 is 23.9 Å². The van der Waals surface area contributed by atoms with Crippen molar-refractivity contribution in [2.75, 3.05) is 13.1 Å². The molecule has 0 aliphatic carbocycles. The number of ether oxygens (including phenoxy) is 1. The van der Waals surface area contributed by atoms with Crippen LogP contribution in [0.5, 0.6) is 0 Å². The van der Waals surface area contributed by atoms with Crippen LogP contribution >= 0.6 is 0 Å². The minimum atomic E-state index is -0.751. The van der Waals surface area contributed by atoms with E-state index in [0.29, 0.717) is 24.1 Å². The Morgan fingerprint density at radius 2 is 1.25 bits per heavy atom. The topological polar surface area (TPSA) is 123 Å². The number of nitrogens with one attached hydrogen (secondary N) is 2. The van der Waals surface area contributed by atoms with E-state index in [-0.39, 0.29) is 23.8 Å². The number of fused-ring (bicyclic) bond motifs is 2. The van der Waals surface area contributed by atoms with Crippen molar-refractivity contribution in [2.45, 2.75) is 92.3 Å². The molecule has 2 N–H and O–H groups in total. The van der Waals surface area contributed by atoms with Crippen LogP contribution in [0.3, 0.4) is 0 Å². The maximum atomic E-state index is 14.2. The third kappa shape index (κ3) is 7.35. The highest BCUT2D eigenvalue weighted by molar-refractivity contribution is 6.36. The van der Waals surface area contributed by atoms with Gasteiger partial charge in [0.15, 0.2) is 0 Å². The van der Waals surface area contributed by atoms with E-state index in [1.807, 2.05) is 69.4 Å². The summed E-state index contributed by atoms with van der Waals surface area (Å²) in [6, 6.07) is 28.7. The number of carbonyl (C=O) groups is 4. The van der Waals surface area contributed by atoms with Crippen LogP contribution in [0, 0.1) is 5.41 Å². The Morgan fingerprint density at radius 1 is 0.647 bits per heavy atom. The number of hydrogen-bond acceptors (Lipinski definition) is 5. The first-order valence-corrected chi connectivity index (χ1v) is 23.9. The van der Waals surface area contributed by atoms with Gasteiger partial charge >= 0.3 is 6.09 Å². The molecule has 8 heterocycles. The Hall–Kier alpha value is -7.40. The molecule has 3 amide bonds. The smallest absolute Gasteiger partial charge is 0.417 e. The highest BCUT2D eigenvalue weighted by Gasteiger charge is 2.41. The van der Waals surface area contributed by atoms with Crippen molar-refractivity contribution in [3.05, 3.63) is 143 Å². The molecular formula is C57H56N6O5. The normalized spacial score (nSPS) is 16.1. The summed E-state index contributed by atoms with van der Waals surface area (Å²) in [4.78, 5) is 58.4. The minimum absolute atomic E-state index is 0.0154. The first-order valence-electron chi connectivity index (χ1n) is 23.9. The number of imide groups is 1. The van der Waals surface area contributed by atoms with Gasteiger partial charge in [0.05, 0.1) is 34.2 Å². The molecule has 68 heavy (non-hydrogen) atoms. The largest absolute Gasteiger partial charge is 0.443 e. The number of aromatic amines is 1. The van der Waals surface area contributed by atoms with Crippen LogP contribution in [0.4, 0.5) is 4.79 Å². The molecule has 8 aromatic rings. The second kappa shape index (κ2) is 16.1. The molecule has 0 atom stereocenters. The SMILES string of the molecule is CC(C)(C)CC(=O)n1cc(C2=C(c3cn4c5c(cccc35)CCC4)CN(C(=O)OC(C)(C)C)C2=O)c2ccccc21.O=C1NCC(c2cn3c4c(cccc24)CCC3)=C1c1c[nH]c2ccccc12. The number of aryl methyl sites for hydroxylation is 4. The zero-order valence-electron chi connectivity index (χ0n) is 39.6. The Morgan fingerprint density at radius 3 is 1.90 bits per heavy atom. The molecule has 344 valence electrons. The van der Waals surface area contributed by atoms with Crippen molar-refractivity contribution >= 4 is 89.7 Å². The molecule has 0 spiro atoms. The zero-order valence-corrected chi connectivity index (χ0v) is 39.6. The van der Waals surface area contributed by atoms with Gasteiger partial charge in [0, 0.05) is 100 Å². The van der Waals surface area contributed by atoms with Crippen LogP contribution in [-0.4, -0.2) is 66.1 Å². The molecule has 0 saturated carbocycles. The summed E-state index contributed by atoms with van der Waals surface area (Å²) in [5, 5.41) is 7.28. The summed E-state index contributed by atoms with van der Waals surface area (Å²) in [6.07, 6.45) is 12.2. The lowest BCUT2D eigenvalue weighted by Gasteiger charge is -2.23. The fourth-order valence-corrected chi connectivity index (χ4v) is 10.9. The number of H-pyrrole nitrogens is 1. The van der Waals surface area contributed by atoms with Crippen LogP contribution in [0.1, 0.15) is 99.0 Å². The quantitative estimate of drug-likeness (QED) is 0.178. The lowest BCUT2D eigenvalue weighted by Crippen LogP contribution is -2.38. The van der Waals surface area contributed by atoms with Crippen LogP contribution in [-0.2, 0) is 40.3 Å². The monoisotopic (exact) mass is 904 g/mol. The van der Waals surface area contributed by atoms with E-state index in [1.54, 1.807) is 31.5 Å². The van der Waals surface area contributed by atoms with E-state index in [4.69, 9.17) is 4.74 Å². The maximum absolute atomic E-state index is 14.2. The second-order valence-corrected chi connectivity index (χ2v) is 20.9. The van der Waals surface area contributed by atoms with Crippen molar-refractivity contribution in [2.24, 2.45) is 5.41 Å². The number of nitrogens with zero attached hydrogens (tertiary/aromatic N) is 4. The van der Waals surface area contributed by atoms with E-state index in [1.165, 1.54) is 44.4 Å². The Kier molecular flexibility index (Phi) is 10.3. The lowest BCUT2D eigenvalue weighted by molar-refractivity contribution is -0.123. The number of benzene rings is 4. The lowest BCUT2D eigenvalue weighted by atomic mass is 9.92. The number of hydrogen-bond donors (Lipinski definition) is 2. The van der Waals surface area contributed by atoms with Crippen LogP contribution in [0.25, 0.3) is 65.9 Å². The van der Waals surface area contributed by atoms with Gasteiger partial charge in [-0.05, 0) is 86.3 Å². The molecule has 0 saturated heterocycles. The minimum Gasteiger partial charge on any atom is -0.443 e. The Balaban J connectivity index is 0.000000161. The van der Waals surface area contributed by atoms with Crippen molar-refractivity contribution in [1.29, 1.82) is 0 Å². The zero-order chi connectivity index (χ0) is 47.2. The predicted octanol–water partition coefficient (Wildman–Crippen LogP) is 11.4. The van der Waals surface area contributed by atoms with E-state index < -0.39 is 17.6 Å². The standard InChI is InChI=1S/C34H37N3O4.C23H19N3O/c1-33(2,3)17-28(38)36-19-25(22-13-7-8-15-27(22)36)29-26(20-37(31(29)39)32(40)41-34(4,5)6)24-18-35-16-10-12-21-11-9-14-23(24)30(21)35;27-23-21(17-11-24-20-9-2-1-7-15(17)20)18(12-25-23)19-13-26-10-4-6-14-5-3-8-16(19)22(14)26/h7-9,11,13-15,18-19H,10,12,16-17,20H2,1-6H3;1-3,5,7-9,11,13,24H,4,6,10,12H2,(H,25,27). The summed E-state index contributed by atoms with van der Waals surface area (Å²) in [6.45, 7) is 14.1. The highest BCUT2D eigenvalue weighted by Crippen LogP contribution is 2.44. The molecule has 12 rings (SSSR count). The van der Waals surface area contributed by atoms with Crippen molar-refractivity contribution in [3.63, 3.8) is 0 Å². The van der Waals surface area contributed by atoms with Crippen LogP contribution in [0.2, 0.25) is 0 Å². The number of rotatable bonds is 5. The van der Waals surface area contributed by atoms with Crippen molar-refractivity contribution in [1.82, 2.24) is 28.9 Å². The first-order chi connectivity index (χ1) is 32.6. The average Bonchev–Trinajstić information content (AvgIpc) is 4.17. The second-order valence-electron chi connectivity index (χ2n) is 20.9. The summed E-state index contributed by atoms with van der Waals surface area (Å²) >= 11 is 0. The maximum Gasteiger partial charge on any atom is 0.417 e. The van der Waals surface area contributed by atoms with Gasteiger partial charge in [0.1, 0.15) is 5.60 Å². The highest BCUT2D eigenvalue weighted by atomic mass is 16.6. The Labute approximate surface area is 395 Å². The third-order valence-corrected chi connectivity index (χ3v) is 13.7. The summed E-state index contributed by atoms with van der Waals surface area (Å²) in [5.41, 5.74) is 13.0. The molecule has 4 aliphatic rings. The summed E-state index contributed by atoms with van der Waals surface area (Å²) < 4.78 is 12.0. The first kappa shape index (κ1) is 43.2. The molecule has 0 radical (unpaired) electrons. The number of amides is 3. The molecule has 0 bridgehead atoms. The molecule has 0 fully saturated rings. The van der Waals surface area contributed by atoms with Gasteiger partial charge in [-0.25, -0.2) is 9.69 Å². The summed E-state index contributed by atoms with van der Waals surface area (Å²) in [5.74, 6) is -0.433. The van der Waals surface area contributed by atoms with Crippen molar-refractivity contribution in [3.8, 4) is 0 Å². The van der Waals surface area contributed by atoms with Gasteiger partial charge in [-0.3, -0.25) is 19.0 Å². The predicted molar refractivity (Wildman–Crippen MR) is 270 cm³/mol. The van der Waals surface area contributed by atoms with Gasteiger partial charge < -0.3 is 24.2 Å². The molecule has 11 nitrogen and oxygen atoms in total. The van der Waals surface area contributed by atoms with Gasteiger partial charge in [0.2, 0.25) is 5.91 Å². The van der Waals surface area contributed by atoms with Gasteiger partial charge in [0.25, 0.3) is 11.8 Å². The number of para-hydroxylation sites is 4. The van der Waals surface area contributed by atoms with Gasteiger partial charge in [-0.1, -0.05) is 93.6 Å². The molecule has 4 aromatic carbocycles. The van der Waals surface area contributed by atoms with E-state index >= 15 is 0 Å². The fourth-order valence-electron chi connectivity index (χ4n) is 10.9. The molecular weight excluding hydrogens is 849 g/mol. The van der Waals surface area contributed by atoms with E-state index in [0.717, 1.165) is 87.4 Å². The molecule has 4 aromatic heterocycles. The van der Waals surface area contributed by atoms with Gasteiger partial charge in [-0.2, -0.15) is 0 Å². The average molecular weight is 905 g/mol. The number of carbonyl (C=O) groups excluding carboxylic acids is 4. The van der Waals surface area contributed by atoms with E-state index in [2.05, 4.69) is 74.3 Å². The number of aromatic nitrogens is 4. The van der Waals surface area contributed by atoms with Crippen LogP contribution in [0.15, 0.2) is 110 Å². The molecule has 11 heteroatoms. The molecule has 4 aliphatic heterocycles. The fraction of sp³-hybridized carbons (Fsp3) is 0.298. The van der Waals surface area contributed by atoms with Gasteiger partial charge in [-0.15, -0.1) is 0 Å². The molecule has 0 unspecified atom stereocenters. The summed E-state index contributed by atoms with van der Waals surface area (Å²) in [7, 11) is 0. The third-order valence-electron chi connectivity index (χ3n) is 13.7.